The molecule has 0 saturated heterocycles. The van der Waals surface area contributed by atoms with Gasteiger partial charge in [0.25, 0.3) is 5.91 Å². The van der Waals surface area contributed by atoms with E-state index < -0.39 is 30.3 Å². The fourth-order valence-corrected chi connectivity index (χ4v) is 1.30. The van der Waals surface area contributed by atoms with Gasteiger partial charge in [0.05, 0.1) is 12.0 Å². The van der Waals surface area contributed by atoms with Gasteiger partial charge in [0.2, 0.25) is 0 Å². The van der Waals surface area contributed by atoms with E-state index in [9.17, 15) is 14.4 Å². The number of carbonyl (C=O) groups is 3. The number of rotatable bonds is 6. The lowest BCUT2D eigenvalue weighted by Crippen LogP contribution is -2.49. The Labute approximate surface area is 108 Å². The molecule has 1 aromatic rings. The fraction of sp³-hybridized carbons (Fsp3) is 0.182. The van der Waals surface area contributed by atoms with E-state index in [-0.39, 0.29) is 11.3 Å². The third kappa shape index (κ3) is 4.28. The Hall–Kier alpha value is -2.61. The minimum atomic E-state index is -1.42. The molecule has 1 rings (SSSR count). The molecule has 1 amide bonds. The Morgan fingerprint density at radius 3 is 2.37 bits per heavy atom. The smallest absolute Gasteiger partial charge is 0.323 e. The highest BCUT2D eigenvalue weighted by Crippen LogP contribution is 2.09. The Morgan fingerprint density at radius 1 is 1.21 bits per heavy atom. The summed E-state index contributed by atoms with van der Waals surface area (Å²) in [6.45, 7) is 0. The van der Waals surface area contributed by atoms with Crippen LogP contribution >= 0.6 is 0 Å². The normalized spacial score (nSPS) is 11.6. The average Bonchev–Trinajstić information content (AvgIpc) is 2.34. The van der Waals surface area contributed by atoms with Gasteiger partial charge in [0.1, 0.15) is 6.04 Å². The summed E-state index contributed by atoms with van der Waals surface area (Å²) in [5.41, 5.74) is 10.2. The average molecular weight is 267 g/mol. The lowest BCUT2D eigenvalue weighted by Gasteiger charge is -2.13. The third-order valence-corrected chi connectivity index (χ3v) is 2.24. The molecule has 0 bridgehead atoms. The number of hydrazine groups is 1. The van der Waals surface area contributed by atoms with Crippen LogP contribution in [0.3, 0.4) is 0 Å². The van der Waals surface area contributed by atoms with Gasteiger partial charge in [-0.3, -0.25) is 19.8 Å². The number of carboxylic acid groups (broad SMARTS) is 2. The van der Waals surface area contributed by atoms with E-state index in [1.54, 1.807) is 12.1 Å². The second kappa shape index (κ2) is 6.36. The van der Waals surface area contributed by atoms with Gasteiger partial charge in [-0.25, -0.2) is 5.43 Å². The zero-order valence-corrected chi connectivity index (χ0v) is 9.79. The molecule has 8 nitrogen and oxygen atoms in total. The van der Waals surface area contributed by atoms with Crippen LogP contribution in [0, 0.1) is 0 Å². The van der Waals surface area contributed by atoms with Gasteiger partial charge >= 0.3 is 11.9 Å². The monoisotopic (exact) mass is 267 g/mol. The van der Waals surface area contributed by atoms with Crippen molar-refractivity contribution >= 4 is 23.5 Å². The van der Waals surface area contributed by atoms with Crippen molar-refractivity contribution in [1.29, 1.82) is 0 Å². The maximum absolute atomic E-state index is 11.7. The van der Waals surface area contributed by atoms with Gasteiger partial charge in [-0.1, -0.05) is 12.1 Å². The maximum atomic E-state index is 11.7. The summed E-state index contributed by atoms with van der Waals surface area (Å²) in [5.74, 6) is -3.33. The first-order chi connectivity index (χ1) is 8.91. The molecule has 0 aliphatic heterocycles. The van der Waals surface area contributed by atoms with Crippen molar-refractivity contribution in [3.63, 3.8) is 0 Å². The number of carbonyl (C=O) groups excluding carboxylic acids is 1. The Balaban J connectivity index is 2.65. The molecule has 0 aromatic heterocycles. The van der Waals surface area contributed by atoms with E-state index in [2.05, 4.69) is 10.9 Å². The van der Waals surface area contributed by atoms with Crippen LogP contribution in [0.1, 0.15) is 16.8 Å². The minimum Gasteiger partial charge on any atom is -0.481 e. The molecule has 8 heteroatoms. The van der Waals surface area contributed by atoms with Gasteiger partial charge in [-0.05, 0) is 12.1 Å². The molecule has 0 saturated carbocycles. The number of aliphatic carboxylic acids is 2. The first-order valence-corrected chi connectivity index (χ1v) is 5.26. The van der Waals surface area contributed by atoms with E-state index in [1.165, 1.54) is 12.1 Å². The molecule has 0 fully saturated rings. The van der Waals surface area contributed by atoms with E-state index in [1.807, 2.05) is 0 Å². The molecule has 0 spiro atoms. The highest BCUT2D eigenvalue weighted by molar-refractivity contribution is 5.99. The van der Waals surface area contributed by atoms with Crippen LogP contribution in [-0.2, 0) is 9.59 Å². The van der Waals surface area contributed by atoms with Gasteiger partial charge in [0, 0.05) is 5.69 Å². The molecule has 0 heterocycles. The van der Waals surface area contributed by atoms with Crippen molar-refractivity contribution in [2.75, 3.05) is 5.73 Å². The van der Waals surface area contributed by atoms with Crippen molar-refractivity contribution < 1.29 is 24.6 Å². The highest BCUT2D eigenvalue weighted by Gasteiger charge is 2.21. The van der Waals surface area contributed by atoms with E-state index in [4.69, 9.17) is 15.9 Å². The number of para-hydroxylation sites is 1. The summed E-state index contributed by atoms with van der Waals surface area (Å²) in [7, 11) is 0. The van der Waals surface area contributed by atoms with E-state index in [0.717, 1.165) is 0 Å². The number of amides is 1. The van der Waals surface area contributed by atoms with Crippen molar-refractivity contribution in [2.24, 2.45) is 0 Å². The van der Waals surface area contributed by atoms with Gasteiger partial charge in [-0.15, -0.1) is 0 Å². The molecule has 0 radical (unpaired) electrons. The minimum absolute atomic E-state index is 0.162. The number of benzene rings is 1. The second-order valence-corrected chi connectivity index (χ2v) is 3.67. The first kappa shape index (κ1) is 14.5. The number of carboxylic acids is 2. The predicted molar refractivity (Wildman–Crippen MR) is 65.1 cm³/mol. The van der Waals surface area contributed by atoms with E-state index in [0.29, 0.717) is 0 Å². The molecule has 6 N–H and O–H groups in total. The van der Waals surface area contributed by atoms with Crippen LogP contribution in [0.2, 0.25) is 0 Å². The van der Waals surface area contributed by atoms with Crippen molar-refractivity contribution in [1.82, 2.24) is 10.9 Å². The van der Waals surface area contributed by atoms with Crippen molar-refractivity contribution in [3.05, 3.63) is 29.8 Å². The fourth-order valence-electron chi connectivity index (χ4n) is 1.30. The number of hydrogen-bond donors (Lipinski definition) is 5. The molecule has 19 heavy (non-hydrogen) atoms. The number of anilines is 1. The molecular formula is C11H13N3O5. The quantitative estimate of drug-likeness (QED) is 0.343. The Kier molecular flexibility index (Phi) is 4.84. The van der Waals surface area contributed by atoms with Crippen molar-refractivity contribution in [3.8, 4) is 0 Å². The number of nitrogens with two attached hydrogens (primary N) is 1. The molecule has 0 aliphatic rings. The zero-order chi connectivity index (χ0) is 14.4. The van der Waals surface area contributed by atoms with Crippen LogP contribution in [0.25, 0.3) is 0 Å². The summed E-state index contributed by atoms with van der Waals surface area (Å²) < 4.78 is 0. The molecule has 1 unspecified atom stereocenters. The highest BCUT2D eigenvalue weighted by atomic mass is 16.4. The van der Waals surface area contributed by atoms with Crippen LogP contribution in [0.15, 0.2) is 24.3 Å². The standard InChI is InChI=1S/C11H13N3O5/c12-7-4-2-1-3-6(7)10(17)14-13-8(11(18)19)5-9(15)16/h1-4,8,13H,5,12H2,(H,14,17)(H,15,16)(H,18,19). The van der Waals surface area contributed by atoms with Crippen molar-refractivity contribution in [2.45, 2.75) is 12.5 Å². The van der Waals surface area contributed by atoms with Gasteiger partial charge < -0.3 is 15.9 Å². The van der Waals surface area contributed by atoms with Crippen LogP contribution < -0.4 is 16.6 Å². The first-order valence-electron chi connectivity index (χ1n) is 5.26. The number of hydrogen-bond acceptors (Lipinski definition) is 5. The Bertz CT molecular complexity index is 503. The zero-order valence-electron chi connectivity index (χ0n) is 9.79. The molecule has 1 aromatic carbocycles. The largest absolute Gasteiger partial charge is 0.481 e. The van der Waals surface area contributed by atoms with Crippen LogP contribution in [-0.4, -0.2) is 34.1 Å². The number of nitrogen functional groups attached to an aromatic ring is 1. The summed E-state index contributed by atoms with van der Waals surface area (Å²) in [4.78, 5) is 32.9. The second-order valence-electron chi connectivity index (χ2n) is 3.67. The molecule has 102 valence electrons. The molecular weight excluding hydrogens is 254 g/mol. The SMILES string of the molecule is Nc1ccccc1C(=O)NNC(CC(=O)O)C(=O)O. The lowest BCUT2D eigenvalue weighted by atomic mass is 10.2. The summed E-state index contributed by atoms with van der Waals surface area (Å²) in [5, 5.41) is 17.3. The predicted octanol–water partition coefficient (Wildman–Crippen LogP) is -0.569. The topological polar surface area (TPSA) is 142 Å². The van der Waals surface area contributed by atoms with E-state index >= 15 is 0 Å². The maximum Gasteiger partial charge on any atom is 0.323 e. The molecule has 0 aliphatic carbocycles. The van der Waals surface area contributed by atoms with Gasteiger partial charge in [-0.2, -0.15) is 0 Å². The van der Waals surface area contributed by atoms with Crippen LogP contribution in [0.5, 0.6) is 0 Å². The number of nitrogens with one attached hydrogen (secondary N) is 2. The summed E-state index contributed by atoms with van der Waals surface area (Å²) >= 11 is 0. The van der Waals surface area contributed by atoms with Crippen LogP contribution in [0.4, 0.5) is 5.69 Å². The lowest BCUT2D eigenvalue weighted by molar-refractivity contribution is -0.146. The third-order valence-electron chi connectivity index (χ3n) is 2.24. The molecule has 1 atom stereocenters. The Morgan fingerprint density at radius 2 is 1.84 bits per heavy atom. The summed E-state index contributed by atoms with van der Waals surface area (Å²) in [6, 6.07) is 4.79. The summed E-state index contributed by atoms with van der Waals surface area (Å²) in [6.07, 6.45) is -0.667. The van der Waals surface area contributed by atoms with Gasteiger partial charge in [0.15, 0.2) is 0 Å².